The van der Waals surface area contributed by atoms with E-state index in [0.717, 1.165) is 0 Å². The molecule has 0 saturated carbocycles. The number of nitrogens with zero attached hydrogens (tertiary/aromatic N) is 3. The third-order valence-electron chi connectivity index (χ3n) is 2.99. The van der Waals surface area contributed by atoms with Crippen LogP contribution in [0.1, 0.15) is 29.8 Å². The first-order valence-electron chi connectivity index (χ1n) is 6.63. The number of benzene rings is 1. The molecule has 1 heterocycles. The summed E-state index contributed by atoms with van der Waals surface area (Å²) in [5.74, 6) is 0.283. The Kier molecular flexibility index (Phi) is 4.93. The van der Waals surface area contributed by atoms with E-state index in [-0.39, 0.29) is 24.4 Å². The van der Waals surface area contributed by atoms with Crippen LogP contribution in [0.5, 0.6) is 0 Å². The van der Waals surface area contributed by atoms with Crippen molar-refractivity contribution in [2.75, 3.05) is 6.61 Å². The van der Waals surface area contributed by atoms with Crippen LogP contribution in [-0.4, -0.2) is 38.4 Å². The summed E-state index contributed by atoms with van der Waals surface area (Å²) in [6, 6.07) is 7.07. The summed E-state index contributed by atoms with van der Waals surface area (Å²) in [4.78, 5) is 16.2. The van der Waals surface area contributed by atoms with Gasteiger partial charge >= 0.3 is 0 Å². The summed E-state index contributed by atoms with van der Waals surface area (Å²) in [5, 5.41) is 16.3. The lowest BCUT2D eigenvalue weighted by Crippen LogP contribution is -2.34. The van der Waals surface area contributed by atoms with E-state index in [9.17, 15) is 4.79 Å². The second-order valence-electron chi connectivity index (χ2n) is 4.73. The van der Waals surface area contributed by atoms with E-state index >= 15 is 0 Å². The fraction of sp³-hybridized carbons (Fsp3) is 0.357. The predicted molar refractivity (Wildman–Crippen MR) is 79.7 cm³/mol. The summed E-state index contributed by atoms with van der Waals surface area (Å²) in [6.07, 6.45) is 0.482. The van der Waals surface area contributed by atoms with Gasteiger partial charge in [-0.3, -0.25) is 4.79 Å². The zero-order chi connectivity index (χ0) is 15.4. The van der Waals surface area contributed by atoms with E-state index in [1.165, 1.54) is 4.68 Å². The highest BCUT2D eigenvalue weighted by atomic mass is 35.5. The number of carbonyl (C=O) groups excluding carboxylic acids is 1. The van der Waals surface area contributed by atoms with Crippen molar-refractivity contribution in [2.45, 2.75) is 26.3 Å². The molecule has 112 valence electrons. The van der Waals surface area contributed by atoms with Crippen LogP contribution in [0.3, 0.4) is 0 Å². The lowest BCUT2D eigenvalue weighted by molar-refractivity contribution is 0.0924. The molecule has 6 nitrogen and oxygen atoms in total. The molecule has 0 fully saturated rings. The van der Waals surface area contributed by atoms with Crippen LogP contribution in [0.25, 0.3) is 5.69 Å². The van der Waals surface area contributed by atoms with Gasteiger partial charge < -0.3 is 10.4 Å². The SMILES string of the molecule is Cc1nc(C(=O)NC(C)CCO)nn1-c1ccccc1Cl. The molecule has 0 aliphatic heterocycles. The monoisotopic (exact) mass is 308 g/mol. The Hall–Kier alpha value is -1.92. The van der Waals surface area contributed by atoms with Crippen molar-refractivity contribution in [3.63, 3.8) is 0 Å². The molecule has 1 aromatic carbocycles. The number of aliphatic hydroxyl groups is 1. The van der Waals surface area contributed by atoms with Crippen LogP contribution in [0.2, 0.25) is 5.02 Å². The van der Waals surface area contributed by atoms with Crippen LogP contribution in [0.15, 0.2) is 24.3 Å². The van der Waals surface area contributed by atoms with Crippen molar-refractivity contribution in [3.8, 4) is 5.69 Å². The highest BCUT2D eigenvalue weighted by molar-refractivity contribution is 6.32. The number of hydrogen-bond donors (Lipinski definition) is 2. The Morgan fingerprint density at radius 3 is 2.86 bits per heavy atom. The van der Waals surface area contributed by atoms with Crippen molar-refractivity contribution in [2.24, 2.45) is 0 Å². The molecular weight excluding hydrogens is 292 g/mol. The summed E-state index contributed by atoms with van der Waals surface area (Å²) in [6.45, 7) is 3.58. The number of rotatable bonds is 5. The smallest absolute Gasteiger partial charge is 0.291 e. The quantitative estimate of drug-likeness (QED) is 0.881. The van der Waals surface area contributed by atoms with Crippen molar-refractivity contribution >= 4 is 17.5 Å². The molecule has 0 spiro atoms. The third kappa shape index (κ3) is 3.59. The molecular formula is C14H17ClN4O2. The average Bonchev–Trinajstić information content (AvgIpc) is 2.81. The Labute approximate surface area is 127 Å². The van der Waals surface area contributed by atoms with E-state index in [1.54, 1.807) is 19.1 Å². The zero-order valence-corrected chi connectivity index (χ0v) is 12.6. The zero-order valence-electron chi connectivity index (χ0n) is 11.9. The molecule has 21 heavy (non-hydrogen) atoms. The van der Waals surface area contributed by atoms with Gasteiger partial charge in [0.05, 0.1) is 10.7 Å². The molecule has 7 heteroatoms. The summed E-state index contributed by atoms with van der Waals surface area (Å²) in [5.41, 5.74) is 0.673. The first-order valence-corrected chi connectivity index (χ1v) is 7.01. The Bertz CT molecular complexity index is 642. The summed E-state index contributed by atoms with van der Waals surface area (Å²) < 4.78 is 1.54. The summed E-state index contributed by atoms with van der Waals surface area (Å²) >= 11 is 6.13. The van der Waals surface area contributed by atoms with Crippen LogP contribution < -0.4 is 5.32 Å². The molecule has 1 aromatic heterocycles. The molecule has 2 aromatic rings. The van der Waals surface area contributed by atoms with Crippen molar-refractivity contribution < 1.29 is 9.90 Å². The highest BCUT2D eigenvalue weighted by Gasteiger charge is 2.17. The number of para-hydroxylation sites is 1. The normalized spacial score (nSPS) is 12.2. The number of aromatic nitrogens is 3. The topological polar surface area (TPSA) is 80.0 Å². The number of aryl methyl sites for hydroxylation is 1. The number of hydrogen-bond acceptors (Lipinski definition) is 4. The van der Waals surface area contributed by atoms with Crippen LogP contribution in [-0.2, 0) is 0 Å². The minimum absolute atomic E-state index is 0.0158. The standard InChI is InChI=1S/C14H17ClN4O2/c1-9(7-8-20)16-14(21)13-17-10(2)19(18-13)12-6-4-3-5-11(12)15/h3-6,9,20H,7-8H2,1-2H3,(H,16,21). The molecule has 0 bridgehead atoms. The van der Waals surface area contributed by atoms with Gasteiger partial charge in [0.1, 0.15) is 5.82 Å². The van der Waals surface area contributed by atoms with Crippen molar-refractivity contribution in [1.29, 1.82) is 0 Å². The van der Waals surface area contributed by atoms with E-state index in [0.29, 0.717) is 23.0 Å². The van der Waals surface area contributed by atoms with E-state index in [1.807, 2.05) is 19.1 Å². The van der Waals surface area contributed by atoms with Gasteiger partial charge in [-0.05, 0) is 32.4 Å². The van der Waals surface area contributed by atoms with Gasteiger partial charge in [-0.2, -0.15) is 0 Å². The maximum Gasteiger partial charge on any atom is 0.291 e. The number of halogens is 1. The summed E-state index contributed by atoms with van der Waals surface area (Å²) in [7, 11) is 0. The maximum absolute atomic E-state index is 12.0. The molecule has 0 saturated heterocycles. The largest absolute Gasteiger partial charge is 0.396 e. The number of nitrogens with one attached hydrogen (secondary N) is 1. The second-order valence-corrected chi connectivity index (χ2v) is 5.14. The molecule has 1 atom stereocenters. The molecule has 2 N–H and O–H groups in total. The molecule has 0 aliphatic rings. The van der Waals surface area contributed by atoms with Crippen LogP contribution in [0.4, 0.5) is 0 Å². The Balaban J connectivity index is 2.24. The van der Waals surface area contributed by atoms with E-state index < -0.39 is 0 Å². The number of amides is 1. The van der Waals surface area contributed by atoms with Crippen LogP contribution in [0, 0.1) is 6.92 Å². The fourth-order valence-electron chi connectivity index (χ4n) is 1.89. The van der Waals surface area contributed by atoms with Gasteiger partial charge in [0, 0.05) is 12.6 Å². The lowest BCUT2D eigenvalue weighted by atomic mass is 10.2. The first kappa shape index (κ1) is 15.5. The van der Waals surface area contributed by atoms with Gasteiger partial charge in [0.15, 0.2) is 0 Å². The number of carbonyl (C=O) groups is 1. The van der Waals surface area contributed by atoms with E-state index in [4.69, 9.17) is 16.7 Å². The second kappa shape index (κ2) is 6.69. The Morgan fingerprint density at radius 2 is 2.19 bits per heavy atom. The fourth-order valence-corrected chi connectivity index (χ4v) is 2.11. The number of aliphatic hydroxyl groups excluding tert-OH is 1. The molecule has 0 radical (unpaired) electrons. The van der Waals surface area contributed by atoms with E-state index in [2.05, 4.69) is 15.4 Å². The Morgan fingerprint density at radius 1 is 1.48 bits per heavy atom. The minimum Gasteiger partial charge on any atom is -0.396 e. The lowest BCUT2D eigenvalue weighted by Gasteiger charge is -2.10. The maximum atomic E-state index is 12.0. The van der Waals surface area contributed by atoms with Crippen molar-refractivity contribution in [3.05, 3.63) is 40.9 Å². The first-order chi connectivity index (χ1) is 10.0. The molecule has 0 aliphatic carbocycles. The average molecular weight is 309 g/mol. The van der Waals surface area contributed by atoms with Gasteiger partial charge in [0.2, 0.25) is 5.82 Å². The van der Waals surface area contributed by atoms with Gasteiger partial charge in [-0.15, -0.1) is 5.10 Å². The van der Waals surface area contributed by atoms with Gasteiger partial charge in [-0.1, -0.05) is 23.7 Å². The predicted octanol–water partition coefficient (Wildman–Crippen LogP) is 1.73. The molecule has 1 unspecified atom stereocenters. The highest BCUT2D eigenvalue weighted by Crippen LogP contribution is 2.20. The van der Waals surface area contributed by atoms with Crippen LogP contribution >= 0.6 is 11.6 Å². The third-order valence-corrected chi connectivity index (χ3v) is 3.31. The minimum atomic E-state index is -0.371. The van der Waals surface area contributed by atoms with Gasteiger partial charge in [-0.25, -0.2) is 9.67 Å². The van der Waals surface area contributed by atoms with Crippen molar-refractivity contribution in [1.82, 2.24) is 20.1 Å². The molecule has 1 amide bonds. The molecule has 2 rings (SSSR count). The van der Waals surface area contributed by atoms with Gasteiger partial charge in [0.25, 0.3) is 5.91 Å².